The minimum Gasteiger partial charge on any atom is -0.356 e. The van der Waals surface area contributed by atoms with Crippen LogP contribution in [0.1, 0.15) is 24.1 Å². The Morgan fingerprint density at radius 1 is 1.19 bits per heavy atom. The van der Waals surface area contributed by atoms with Crippen molar-refractivity contribution in [3.63, 3.8) is 0 Å². The van der Waals surface area contributed by atoms with Gasteiger partial charge in [-0.05, 0) is 38.0 Å². The maximum Gasteiger partial charge on any atom is 0.229 e. The van der Waals surface area contributed by atoms with E-state index in [1.54, 1.807) is 12.1 Å². The monoisotopic (exact) mass is 279 g/mol. The highest BCUT2D eigenvalue weighted by Gasteiger charge is 2.15. The van der Waals surface area contributed by atoms with E-state index in [1.165, 1.54) is 12.8 Å². The van der Waals surface area contributed by atoms with Crippen molar-refractivity contribution in [2.24, 2.45) is 0 Å². The maximum atomic E-state index is 8.94. The summed E-state index contributed by atoms with van der Waals surface area (Å²) in [5, 5.41) is 12.1. The molecule has 0 unspecified atom stereocenters. The van der Waals surface area contributed by atoms with Gasteiger partial charge in [0.05, 0.1) is 11.6 Å². The molecule has 1 aliphatic heterocycles. The van der Waals surface area contributed by atoms with Crippen LogP contribution in [0.5, 0.6) is 0 Å². The van der Waals surface area contributed by atoms with Gasteiger partial charge in [0.15, 0.2) is 0 Å². The van der Waals surface area contributed by atoms with Crippen molar-refractivity contribution >= 4 is 17.5 Å². The Balaban J connectivity index is 1.86. The first-order valence-electron chi connectivity index (χ1n) is 7.12. The standard InChI is InChI=1S/C16H17N5/c1-12-9-15(21-7-2-3-8-21)20-16(18-12)19-14-6-4-5-13(10-14)11-17/h4-6,9-10H,2-3,7-8H2,1H3,(H,18,19,20). The second-order valence-electron chi connectivity index (χ2n) is 5.20. The zero-order valence-electron chi connectivity index (χ0n) is 12.0. The third-order valence-electron chi connectivity index (χ3n) is 3.52. The van der Waals surface area contributed by atoms with Crippen LogP contribution in [0.15, 0.2) is 30.3 Å². The Kier molecular flexibility index (Phi) is 3.69. The molecule has 0 bridgehead atoms. The van der Waals surface area contributed by atoms with Crippen LogP contribution in [0.3, 0.4) is 0 Å². The Morgan fingerprint density at radius 3 is 2.76 bits per heavy atom. The van der Waals surface area contributed by atoms with Crippen LogP contribution in [-0.2, 0) is 0 Å². The first-order valence-corrected chi connectivity index (χ1v) is 7.12. The minimum atomic E-state index is 0.576. The molecule has 1 N–H and O–H groups in total. The molecule has 0 amide bonds. The summed E-state index contributed by atoms with van der Waals surface area (Å²) < 4.78 is 0. The highest BCUT2D eigenvalue weighted by molar-refractivity contribution is 5.58. The van der Waals surface area contributed by atoms with E-state index >= 15 is 0 Å². The molecule has 106 valence electrons. The molecule has 1 aromatic carbocycles. The van der Waals surface area contributed by atoms with Gasteiger partial charge in [0, 0.05) is 30.5 Å². The molecule has 0 radical (unpaired) electrons. The van der Waals surface area contributed by atoms with E-state index in [4.69, 9.17) is 5.26 Å². The average Bonchev–Trinajstić information content (AvgIpc) is 3.01. The lowest BCUT2D eigenvalue weighted by Gasteiger charge is -2.17. The average molecular weight is 279 g/mol. The Bertz CT molecular complexity index is 683. The van der Waals surface area contributed by atoms with Gasteiger partial charge in [0.25, 0.3) is 0 Å². The van der Waals surface area contributed by atoms with E-state index in [0.717, 1.165) is 30.3 Å². The van der Waals surface area contributed by atoms with Crippen LogP contribution >= 0.6 is 0 Å². The topological polar surface area (TPSA) is 64.8 Å². The fourth-order valence-corrected chi connectivity index (χ4v) is 2.51. The fourth-order valence-electron chi connectivity index (χ4n) is 2.51. The van der Waals surface area contributed by atoms with Gasteiger partial charge in [0.1, 0.15) is 5.82 Å². The SMILES string of the molecule is Cc1cc(N2CCCC2)nc(Nc2cccc(C#N)c2)n1. The second kappa shape index (κ2) is 5.80. The molecular weight excluding hydrogens is 262 g/mol. The van der Waals surface area contributed by atoms with Crippen molar-refractivity contribution in [3.05, 3.63) is 41.6 Å². The number of nitrogens with zero attached hydrogens (tertiary/aromatic N) is 4. The first-order chi connectivity index (χ1) is 10.2. The predicted molar refractivity (Wildman–Crippen MR) is 82.7 cm³/mol. The summed E-state index contributed by atoms with van der Waals surface area (Å²) in [6, 6.07) is 11.5. The zero-order chi connectivity index (χ0) is 14.7. The largest absolute Gasteiger partial charge is 0.356 e. The number of nitriles is 1. The number of hydrogen-bond acceptors (Lipinski definition) is 5. The number of rotatable bonds is 3. The number of nitrogens with one attached hydrogen (secondary N) is 1. The molecule has 0 aliphatic carbocycles. The van der Waals surface area contributed by atoms with Crippen molar-refractivity contribution < 1.29 is 0 Å². The number of benzene rings is 1. The van der Waals surface area contributed by atoms with Crippen LogP contribution in [0, 0.1) is 18.3 Å². The molecule has 21 heavy (non-hydrogen) atoms. The van der Waals surface area contributed by atoms with Crippen molar-refractivity contribution in [1.82, 2.24) is 9.97 Å². The maximum absolute atomic E-state index is 8.94. The van der Waals surface area contributed by atoms with E-state index in [-0.39, 0.29) is 0 Å². The third-order valence-corrected chi connectivity index (χ3v) is 3.52. The van der Waals surface area contributed by atoms with Crippen molar-refractivity contribution in [3.8, 4) is 6.07 Å². The molecule has 0 spiro atoms. The third kappa shape index (κ3) is 3.11. The molecule has 5 nitrogen and oxygen atoms in total. The fraction of sp³-hybridized carbons (Fsp3) is 0.312. The van der Waals surface area contributed by atoms with Gasteiger partial charge < -0.3 is 10.2 Å². The molecule has 5 heteroatoms. The van der Waals surface area contributed by atoms with Crippen LogP contribution < -0.4 is 10.2 Å². The molecule has 2 heterocycles. The molecule has 0 saturated carbocycles. The Hall–Kier alpha value is -2.61. The summed E-state index contributed by atoms with van der Waals surface area (Å²) >= 11 is 0. The number of aromatic nitrogens is 2. The number of aryl methyl sites for hydroxylation is 1. The summed E-state index contributed by atoms with van der Waals surface area (Å²) in [7, 11) is 0. The minimum absolute atomic E-state index is 0.576. The van der Waals surface area contributed by atoms with Gasteiger partial charge >= 0.3 is 0 Å². The molecule has 1 saturated heterocycles. The van der Waals surface area contributed by atoms with Gasteiger partial charge in [-0.3, -0.25) is 0 Å². The summed E-state index contributed by atoms with van der Waals surface area (Å²) in [5.74, 6) is 1.55. The Labute approximate surface area is 124 Å². The molecule has 0 atom stereocenters. The lowest BCUT2D eigenvalue weighted by Crippen LogP contribution is -2.19. The van der Waals surface area contributed by atoms with E-state index in [1.807, 2.05) is 25.1 Å². The normalized spacial score (nSPS) is 14.0. The molecule has 2 aromatic rings. The lowest BCUT2D eigenvalue weighted by molar-refractivity contribution is 0.923. The number of hydrogen-bond donors (Lipinski definition) is 1. The summed E-state index contributed by atoms with van der Waals surface area (Å²) in [5.41, 5.74) is 2.38. The van der Waals surface area contributed by atoms with E-state index < -0.39 is 0 Å². The highest BCUT2D eigenvalue weighted by atomic mass is 15.2. The van der Waals surface area contributed by atoms with E-state index in [9.17, 15) is 0 Å². The Morgan fingerprint density at radius 2 is 2.00 bits per heavy atom. The summed E-state index contributed by atoms with van der Waals surface area (Å²) in [4.78, 5) is 11.3. The lowest BCUT2D eigenvalue weighted by atomic mass is 10.2. The molecule has 1 aromatic heterocycles. The molecule has 1 aliphatic rings. The van der Waals surface area contributed by atoms with Crippen molar-refractivity contribution in [1.29, 1.82) is 5.26 Å². The molecule has 3 rings (SSSR count). The quantitative estimate of drug-likeness (QED) is 0.935. The summed E-state index contributed by atoms with van der Waals surface area (Å²) in [6.45, 7) is 4.08. The van der Waals surface area contributed by atoms with E-state index in [0.29, 0.717) is 11.5 Å². The van der Waals surface area contributed by atoms with Crippen molar-refractivity contribution in [2.45, 2.75) is 19.8 Å². The van der Waals surface area contributed by atoms with Crippen LogP contribution in [0.25, 0.3) is 0 Å². The molecular formula is C16H17N5. The second-order valence-corrected chi connectivity index (χ2v) is 5.20. The zero-order valence-corrected chi connectivity index (χ0v) is 12.0. The van der Waals surface area contributed by atoms with Gasteiger partial charge in [0.2, 0.25) is 5.95 Å². The van der Waals surface area contributed by atoms with Gasteiger partial charge in [-0.1, -0.05) is 6.07 Å². The van der Waals surface area contributed by atoms with Crippen LogP contribution in [0.2, 0.25) is 0 Å². The first kappa shape index (κ1) is 13.4. The number of anilines is 3. The van der Waals surface area contributed by atoms with Crippen LogP contribution in [-0.4, -0.2) is 23.1 Å². The van der Waals surface area contributed by atoms with Gasteiger partial charge in [-0.15, -0.1) is 0 Å². The molecule has 1 fully saturated rings. The highest BCUT2D eigenvalue weighted by Crippen LogP contribution is 2.21. The van der Waals surface area contributed by atoms with Crippen LogP contribution in [0.4, 0.5) is 17.5 Å². The van der Waals surface area contributed by atoms with Gasteiger partial charge in [-0.25, -0.2) is 4.98 Å². The summed E-state index contributed by atoms with van der Waals surface area (Å²) in [6.07, 6.45) is 2.44. The van der Waals surface area contributed by atoms with Gasteiger partial charge in [-0.2, -0.15) is 10.2 Å². The van der Waals surface area contributed by atoms with Crippen molar-refractivity contribution in [2.75, 3.05) is 23.3 Å². The smallest absolute Gasteiger partial charge is 0.229 e. The van der Waals surface area contributed by atoms with E-state index in [2.05, 4.69) is 26.3 Å². The predicted octanol–water partition coefficient (Wildman–Crippen LogP) is 3.00.